The Morgan fingerprint density at radius 1 is 1.43 bits per heavy atom. The summed E-state index contributed by atoms with van der Waals surface area (Å²) in [6.07, 6.45) is 5.97. The van der Waals surface area contributed by atoms with Gasteiger partial charge in [0.15, 0.2) is 0 Å². The number of methoxy groups -OCH3 is 1. The smallest absolute Gasteiger partial charge is 0.122 e. The highest BCUT2D eigenvalue weighted by Gasteiger charge is 2.16. The molecule has 114 valence electrons. The first-order chi connectivity index (χ1) is 10.1. The Bertz CT molecular complexity index is 583. The van der Waals surface area contributed by atoms with Crippen LogP contribution in [0.25, 0.3) is 0 Å². The fraction of sp³-hybridized carbons (Fsp3) is 0.438. The summed E-state index contributed by atoms with van der Waals surface area (Å²) in [5.41, 5.74) is 2.39. The van der Waals surface area contributed by atoms with E-state index in [1.54, 1.807) is 7.11 Å². The van der Waals surface area contributed by atoms with E-state index in [-0.39, 0.29) is 6.04 Å². The second-order valence-corrected chi connectivity index (χ2v) is 6.03. The lowest BCUT2D eigenvalue weighted by Crippen LogP contribution is -2.24. The second kappa shape index (κ2) is 7.61. The van der Waals surface area contributed by atoms with E-state index in [1.165, 1.54) is 11.1 Å². The molecule has 0 radical (unpaired) electrons. The van der Waals surface area contributed by atoms with Gasteiger partial charge in [-0.15, -0.1) is 0 Å². The zero-order valence-corrected chi connectivity index (χ0v) is 14.4. The van der Waals surface area contributed by atoms with Gasteiger partial charge in [-0.1, -0.05) is 22.9 Å². The largest absolute Gasteiger partial charge is 0.496 e. The molecule has 1 aromatic carbocycles. The minimum Gasteiger partial charge on any atom is -0.496 e. The molecule has 1 N–H and O–H groups in total. The normalized spacial score (nSPS) is 12.4. The number of benzene rings is 1. The van der Waals surface area contributed by atoms with Crippen LogP contribution < -0.4 is 10.1 Å². The predicted octanol–water partition coefficient (Wildman–Crippen LogP) is 3.47. The van der Waals surface area contributed by atoms with Gasteiger partial charge < -0.3 is 10.1 Å². The number of ether oxygens (including phenoxy) is 1. The van der Waals surface area contributed by atoms with Gasteiger partial charge in [-0.05, 0) is 43.1 Å². The monoisotopic (exact) mass is 351 g/mol. The molecule has 1 heterocycles. The van der Waals surface area contributed by atoms with Crippen molar-refractivity contribution < 1.29 is 4.74 Å². The lowest BCUT2D eigenvalue weighted by molar-refractivity contribution is 0.405. The van der Waals surface area contributed by atoms with Crippen molar-refractivity contribution in [1.82, 2.24) is 15.1 Å². The molecule has 0 amide bonds. The van der Waals surface area contributed by atoms with Gasteiger partial charge in [0.2, 0.25) is 0 Å². The van der Waals surface area contributed by atoms with Crippen LogP contribution in [0, 0.1) is 0 Å². The summed E-state index contributed by atoms with van der Waals surface area (Å²) in [7, 11) is 3.66. The van der Waals surface area contributed by atoms with E-state index in [0.29, 0.717) is 0 Å². The number of aromatic nitrogens is 2. The highest BCUT2D eigenvalue weighted by molar-refractivity contribution is 9.10. The van der Waals surface area contributed by atoms with Crippen LogP contribution in [-0.4, -0.2) is 23.4 Å². The highest BCUT2D eigenvalue weighted by Crippen LogP contribution is 2.28. The molecule has 0 fully saturated rings. The molecule has 0 spiro atoms. The fourth-order valence-corrected chi connectivity index (χ4v) is 2.78. The third-order valence-electron chi connectivity index (χ3n) is 3.43. The van der Waals surface area contributed by atoms with Crippen molar-refractivity contribution >= 4 is 15.9 Å². The zero-order chi connectivity index (χ0) is 15.2. The molecule has 21 heavy (non-hydrogen) atoms. The summed E-state index contributed by atoms with van der Waals surface area (Å²) in [5.74, 6) is 0.922. The first-order valence-electron chi connectivity index (χ1n) is 7.18. The summed E-state index contributed by atoms with van der Waals surface area (Å²) in [4.78, 5) is 0. The third-order valence-corrected chi connectivity index (χ3v) is 3.93. The molecule has 0 aliphatic carbocycles. The average molecular weight is 352 g/mol. The van der Waals surface area contributed by atoms with Crippen molar-refractivity contribution in [3.63, 3.8) is 0 Å². The average Bonchev–Trinajstić information content (AvgIpc) is 2.90. The number of nitrogens with one attached hydrogen (secondary N) is 1. The highest BCUT2D eigenvalue weighted by atomic mass is 79.9. The van der Waals surface area contributed by atoms with Crippen LogP contribution in [0.2, 0.25) is 0 Å². The van der Waals surface area contributed by atoms with Crippen LogP contribution in [0.1, 0.15) is 30.5 Å². The molecule has 4 nitrogen and oxygen atoms in total. The SMILES string of the molecule is CCCNC(Cc1cc(Br)ccc1OC)c1cnn(C)c1. The molecule has 2 rings (SSSR count). The van der Waals surface area contributed by atoms with Crippen LogP contribution in [0.4, 0.5) is 0 Å². The maximum Gasteiger partial charge on any atom is 0.122 e. The van der Waals surface area contributed by atoms with Crippen LogP contribution in [0.5, 0.6) is 5.75 Å². The van der Waals surface area contributed by atoms with Crippen molar-refractivity contribution in [1.29, 1.82) is 0 Å². The van der Waals surface area contributed by atoms with Gasteiger partial charge in [0.1, 0.15) is 5.75 Å². The van der Waals surface area contributed by atoms with Crippen LogP contribution in [0.3, 0.4) is 0 Å². The Labute approximate surface area is 134 Å². The fourth-order valence-electron chi connectivity index (χ4n) is 2.37. The van der Waals surface area contributed by atoms with Crippen molar-refractivity contribution in [3.8, 4) is 5.75 Å². The molecule has 5 heteroatoms. The Morgan fingerprint density at radius 3 is 2.86 bits per heavy atom. The van der Waals surface area contributed by atoms with Gasteiger partial charge in [0.05, 0.1) is 13.3 Å². The molecule has 1 atom stereocenters. The maximum atomic E-state index is 5.48. The molecule has 0 aliphatic heterocycles. The maximum absolute atomic E-state index is 5.48. The van der Waals surface area contributed by atoms with Gasteiger partial charge >= 0.3 is 0 Å². The van der Waals surface area contributed by atoms with Crippen molar-refractivity contribution in [3.05, 3.63) is 46.2 Å². The molecule has 0 saturated carbocycles. The summed E-state index contributed by atoms with van der Waals surface area (Å²) < 4.78 is 8.39. The van der Waals surface area contributed by atoms with Crippen molar-refractivity contribution in [2.24, 2.45) is 7.05 Å². The van der Waals surface area contributed by atoms with E-state index in [0.717, 1.165) is 29.6 Å². The first-order valence-corrected chi connectivity index (χ1v) is 7.97. The summed E-state index contributed by atoms with van der Waals surface area (Å²) >= 11 is 3.54. The second-order valence-electron chi connectivity index (χ2n) is 5.11. The minimum atomic E-state index is 0.238. The molecule has 0 aliphatic rings. The van der Waals surface area contributed by atoms with Gasteiger partial charge in [0.25, 0.3) is 0 Å². The van der Waals surface area contributed by atoms with Crippen LogP contribution in [-0.2, 0) is 13.5 Å². The number of hydrogen-bond acceptors (Lipinski definition) is 3. The molecule has 0 saturated heterocycles. The van der Waals surface area contributed by atoms with E-state index in [9.17, 15) is 0 Å². The molecule has 1 unspecified atom stereocenters. The number of halogens is 1. The Kier molecular flexibility index (Phi) is 5.82. The topological polar surface area (TPSA) is 39.1 Å². The third kappa shape index (κ3) is 4.32. The molecule has 0 bridgehead atoms. The Balaban J connectivity index is 2.24. The quantitative estimate of drug-likeness (QED) is 0.829. The lowest BCUT2D eigenvalue weighted by Gasteiger charge is -2.19. The van der Waals surface area contributed by atoms with Gasteiger partial charge in [0, 0.05) is 29.3 Å². The summed E-state index contributed by atoms with van der Waals surface area (Å²) in [5, 5.41) is 7.88. The Morgan fingerprint density at radius 2 is 2.24 bits per heavy atom. The number of rotatable bonds is 7. The van der Waals surface area contributed by atoms with Gasteiger partial charge in [-0.25, -0.2) is 0 Å². The van der Waals surface area contributed by atoms with E-state index in [1.807, 2.05) is 30.1 Å². The molecule has 2 aromatic rings. The summed E-state index contributed by atoms with van der Waals surface area (Å²) in [6.45, 7) is 3.16. The van der Waals surface area contributed by atoms with Gasteiger partial charge in [-0.3, -0.25) is 4.68 Å². The van der Waals surface area contributed by atoms with E-state index in [2.05, 4.69) is 45.5 Å². The predicted molar refractivity (Wildman–Crippen MR) is 88.6 cm³/mol. The number of hydrogen-bond donors (Lipinski definition) is 1. The molecular weight excluding hydrogens is 330 g/mol. The first kappa shape index (κ1) is 16.0. The van der Waals surface area contributed by atoms with Crippen molar-refractivity contribution in [2.75, 3.05) is 13.7 Å². The lowest BCUT2D eigenvalue weighted by atomic mass is 10.0. The number of nitrogens with zero attached hydrogens (tertiary/aromatic N) is 2. The Hall–Kier alpha value is -1.33. The van der Waals surface area contributed by atoms with Crippen LogP contribution in [0.15, 0.2) is 35.1 Å². The summed E-state index contributed by atoms with van der Waals surface area (Å²) in [6, 6.07) is 6.36. The van der Waals surface area contributed by atoms with Crippen molar-refractivity contribution in [2.45, 2.75) is 25.8 Å². The zero-order valence-electron chi connectivity index (χ0n) is 12.8. The van der Waals surface area contributed by atoms with Gasteiger partial charge in [-0.2, -0.15) is 5.10 Å². The standard InChI is InChI=1S/C16H22BrN3O/c1-4-7-18-15(13-10-19-20(2)11-13)9-12-8-14(17)5-6-16(12)21-3/h5-6,8,10-11,15,18H,4,7,9H2,1-3H3. The van der Waals surface area contributed by atoms with E-state index >= 15 is 0 Å². The van der Waals surface area contributed by atoms with Crippen LogP contribution >= 0.6 is 15.9 Å². The number of aryl methyl sites for hydroxylation is 1. The van der Waals surface area contributed by atoms with E-state index in [4.69, 9.17) is 4.74 Å². The minimum absolute atomic E-state index is 0.238. The molecule has 1 aromatic heterocycles. The van der Waals surface area contributed by atoms with E-state index < -0.39 is 0 Å². The molecular formula is C16H22BrN3O.